The lowest BCUT2D eigenvalue weighted by Gasteiger charge is -2.41. The van der Waals surface area contributed by atoms with Crippen molar-refractivity contribution in [2.45, 2.75) is 76.7 Å². The topological polar surface area (TPSA) is 49.8 Å². The van der Waals surface area contributed by atoms with Crippen LogP contribution in [0.3, 0.4) is 0 Å². The van der Waals surface area contributed by atoms with E-state index in [4.69, 9.17) is 4.74 Å². The van der Waals surface area contributed by atoms with Crippen molar-refractivity contribution >= 4 is 11.6 Å². The second-order valence-electron chi connectivity index (χ2n) is 8.26. The summed E-state index contributed by atoms with van der Waals surface area (Å²) in [7, 11) is 0. The summed E-state index contributed by atoms with van der Waals surface area (Å²) in [5.41, 5.74) is -0.398. The van der Waals surface area contributed by atoms with Gasteiger partial charge in [-0.1, -0.05) is 13.3 Å². The minimum absolute atomic E-state index is 0.0587. The highest BCUT2D eigenvalue weighted by atomic mass is 19.4. The molecule has 4 nitrogen and oxygen atoms in total. The van der Waals surface area contributed by atoms with Crippen molar-refractivity contribution in [3.8, 4) is 5.75 Å². The Bertz CT molecular complexity index is 694. The fraction of sp³-hybridized carbons (Fsp3) is 0.667. The highest BCUT2D eigenvalue weighted by molar-refractivity contribution is 6.00. The SMILES string of the molecule is CCC[C@]1(O)CC[C@]2(CCN(c3ccc(O[C@@H](C)C(F)(F)F)cc3)C2=O)CC1. The van der Waals surface area contributed by atoms with Crippen LogP contribution in [0.4, 0.5) is 18.9 Å². The fourth-order valence-electron chi connectivity index (χ4n) is 4.42. The lowest BCUT2D eigenvalue weighted by Crippen LogP contribution is -2.43. The van der Waals surface area contributed by atoms with Crippen LogP contribution in [0.1, 0.15) is 58.8 Å². The molecule has 1 aromatic rings. The molecule has 0 bridgehead atoms. The first-order valence-corrected chi connectivity index (χ1v) is 9.96. The smallest absolute Gasteiger partial charge is 0.425 e. The number of hydrogen-bond donors (Lipinski definition) is 1. The van der Waals surface area contributed by atoms with E-state index >= 15 is 0 Å². The van der Waals surface area contributed by atoms with Crippen molar-refractivity contribution in [3.63, 3.8) is 0 Å². The normalized spacial score (nSPS) is 29.4. The Morgan fingerprint density at radius 2 is 1.75 bits per heavy atom. The molecule has 3 rings (SSSR count). The summed E-state index contributed by atoms with van der Waals surface area (Å²) in [6.07, 6.45) is -1.23. The molecule has 1 spiro atoms. The van der Waals surface area contributed by atoms with Crippen LogP contribution in [0.2, 0.25) is 0 Å². The van der Waals surface area contributed by atoms with Crippen LogP contribution in [-0.4, -0.2) is 35.4 Å². The summed E-state index contributed by atoms with van der Waals surface area (Å²) in [5, 5.41) is 10.6. The molecule has 1 heterocycles. The average molecular weight is 399 g/mol. The van der Waals surface area contributed by atoms with Gasteiger partial charge in [-0.05, 0) is 69.7 Å². The maximum absolute atomic E-state index is 13.1. The molecule has 1 saturated carbocycles. The van der Waals surface area contributed by atoms with Gasteiger partial charge in [0, 0.05) is 12.2 Å². The number of halogens is 3. The summed E-state index contributed by atoms with van der Waals surface area (Å²) < 4.78 is 42.8. The molecule has 1 aliphatic heterocycles. The Morgan fingerprint density at radius 3 is 2.29 bits per heavy atom. The van der Waals surface area contributed by atoms with Crippen LogP contribution in [0, 0.1) is 5.41 Å². The maximum Gasteiger partial charge on any atom is 0.425 e. The molecule has 1 aliphatic carbocycles. The number of anilines is 1. The van der Waals surface area contributed by atoms with Gasteiger partial charge in [-0.3, -0.25) is 4.79 Å². The molecule has 156 valence electrons. The molecule has 0 radical (unpaired) electrons. The summed E-state index contributed by atoms with van der Waals surface area (Å²) >= 11 is 0. The second kappa shape index (κ2) is 7.58. The Morgan fingerprint density at radius 1 is 1.14 bits per heavy atom. The van der Waals surface area contributed by atoms with Crippen molar-refractivity contribution in [1.29, 1.82) is 0 Å². The summed E-state index contributed by atoms with van der Waals surface area (Å²) in [5.74, 6) is 0.181. The number of carbonyl (C=O) groups excluding carboxylic acids is 1. The van der Waals surface area contributed by atoms with Crippen molar-refractivity contribution in [3.05, 3.63) is 24.3 Å². The lowest BCUT2D eigenvalue weighted by atomic mass is 9.67. The number of carbonyl (C=O) groups is 1. The molecule has 0 unspecified atom stereocenters. The Hall–Kier alpha value is -1.76. The molecular weight excluding hydrogens is 371 g/mol. The lowest BCUT2D eigenvalue weighted by molar-refractivity contribution is -0.189. The highest BCUT2D eigenvalue weighted by Crippen LogP contribution is 2.49. The zero-order valence-electron chi connectivity index (χ0n) is 16.4. The van der Waals surface area contributed by atoms with Gasteiger partial charge in [0.15, 0.2) is 6.10 Å². The van der Waals surface area contributed by atoms with Gasteiger partial charge in [0.1, 0.15) is 5.75 Å². The quantitative estimate of drug-likeness (QED) is 0.770. The molecule has 28 heavy (non-hydrogen) atoms. The van der Waals surface area contributed by atoms with E-state index in [1.807, 2.05) is 6.92 Å². The zero-order valence-corrected chi connectivity index (χ0v) is 16.4. The molecular formula is C21H28F3NO3. The van der Waals surface area contributed by atoms with Crippen molar-refractivity contribution < 1.29 is 27.8 Å². The summed E-state index contributed by atoms with van der Waals surface area (Å²) in [6, 6.07) is 6.20. The van der Waals surface area contributed by atoms with Crippen molar-refractivity contribution in [2.24, 2.45) is 5.41 Å². The fourth-order valence-corrected chi connectivity index (χ4v) is 4.42. The number of hydrogen-bond acceptors (Lipinski definition) is 3. The van der Waals surface area contributed by atoms with Crippen molar-refractivity contribution in [2.75, 3.05) is 11.4 Å². The van der Waals surface area contributed by atoms with Crippen LogP contribution in [0.25, 0.3) is 0 Å². The number of ether oxygens (including phenoxy) is 1. The molecule has 2 fully saturated rings. The predicted molar refractivity (Wildman–Crippen MR) is 100 cm³/mol. The van der Waals surface area contributed by atoms with Gasteiger partial charge < -0.3 is 14.7 Å². The van der Waals surface area contributed by atoms with E-state index in [2.05, 4.69) is 0 Å². The largest absolute Gasteiger partial charge is 0.481 e. The van der Waals surface area contributed by atoms with Gasteiger partial charge in [-0.2, -0.15) is 13.2 Å². The van der Waals surface area contributed by atoms with Crippen LogP contribution >= 0.6 is 0 Å². The number of amides is 1. The second-order valence-corrected chi connectivity index (χ2v) is 8.26. The van der Waals surface area contributed by atoms with E-state index in [0.717, 1.165) is 26.2 Å². The zero-order chi connectivity index (χ0) is 20.6. The van der Waals surface area contributed by atoms with E-state index in [1.165, 1.54) is 12.1 Å². The first-order chi connectivity index (χ1) is 13.1. The molecule has 2 aliphatic rings. The first-order valence-electron chi connectivity index (χ1n) is 9.96. The van der Waals surface area contributed by atoms with E-state index in [0.29, 0.717) is 37.9 Å². The van der Waals surface area contributed by atoms with Gasteiger partial charge in [0.25, 0.3) is 0 Å². The number of rotatable bonds is 5. The molecule has 7 heteroatoms. The molecule has 0 aromatic heterocycles. The van der Waals surface area contributed by atoms with Gasteiger partial charge in [-0.25, -0.2) is 0 Å². The molecule has 1 saturated heterocycles. The van der Waals surface area contributed by atoms with Gasteiger partial charge >= 0.3 is 6.18 Å². The number of benzene rings is 1. The van der Waals surface area contributed by atoms with Crippen molar-refractivity contribution in [1.82, 2.24) is 0 Å². The minimum Gasteiger partial charge on any atom is -0.481 e. The maximum atomic E-state index is 13.1. The standard InChI is InChI=1S/C21H28F3NO3/c1-3-8-20(27)11-9-19(10-12-20)13-14-25(18(19)26)16-4-6-17(7-5-16)28-15(2)21(22,23)24/h4-7,15,27H,3,8-14H2,1-2H3/t15-,19-,20+/m0/s1. The number of alkyl halides is 3. The average Bonchev–Trinajstić information content (AvgIpc) is 2.95. The van der Waals surface area contributed by atoms with Crippen LogP contribution < -0.4 is 9.64 Å². The highest BCUT2D eigenvalue weighted by Gasteiger charge is 2.51. The Labute approximate surface area is 163 Å². The van der Waals surface area contributed by atoms with Gasteiger partial charge in [0.2, 0.25) is 5.91 Å². The van der Waals surface area contributed by atoms with Crippen LogP contribution in [-0.2, 0) is 4.79 Å². The van der Waals surface area contributed by atoms with Gasteiger partial charge in [0.05, 0.1) is 11.0 Å². The molecule has 1 atom stereocenters. The summed E-state index contributed by atoms with van der Waals surface area (Å²) in [4.78, 5) is 14.8. The minimum atomic E-state index is -4.42. The van der Waals surface area contributed by atoms with Crippen LogP contribution in [0.5, 0.6) is 5.75 Å². The molecule has 1 amide bonds. The third-order valence-electron chi connectivity index (χ3n) is 6.29. The summed E-state index contributed by atoms with van der Waals surface area (Å²) in [6.45, 7) is 3.60. The monoisotopic (exact) mass is 399 g/mol. The first kappa shape index (κ1) is 21.0. The third-order valence-corrected chi connectivity index (χ3v) is 6.29. The van der Waals surface area contributed by atoms with E-state index in [9.17, 15) is 23.1 Å². The number of aliphatic hydroxyl groups is 1. The Balaban J connectivity index is 1.65. The van der Waals surface area contributed by atoms with E-state index in [-0.39, 0.29) is 11.7 Å². The van der Waals surface area contributed by atoms with E-state index < -0.39 is 23.3 Å². The third kappa shape index (κ3) is 4.14. The Kier molecular flexibility index (Phi) is 5.67. The molecule has 1 aromatic carbocycles. The number of nitrogens with zero attached hydrogens (tertiary/aromatic N) is 1. The van der Waals surface area contributed by atoms with E-state index in [1.54, 1.807) is 17.0 Å². The predicted octanol–water partition coefficient (Wildman–Crippen LogP) is 4.84. The van der Waals surface area contributed by atoms with Crippen LogP contribution in [0.15, 0.2) is 24.3 Å². The van der Waals surface area contributed by atoms with Gasteiger partial charge in [-0.15, -0.1) is 0 Å². The molecule has 1 N–H and O–H groups in total.